The first-order valence-corrected chi connectivity index (χ1v) is 9.94. The van der Waals surface area contributed by atoms with E-state index in [0.717, 1.165) is 0 Å². The van der Waals surface area contributed by atoms with Gasteiger partial charge in [-0.2, -0.15) is 13.2 Å². The van der Waals surface area contributed by atoms with Gasteiger partial charge in [0.2, 0.25) is 0 Å². The highest BCUT2D eigenvalue weighted by Crippen LogP contribution is 2.34. The van der Waals surface area contributed by atoms with Gasteiger partial charge in [0, 0.05) is 36.9 Å². The molecule has 3 aromatic rings. The summed E-state index contributed by atoms with van der Waals surface area (Å²) < 4.78 is 61.1. The summed E-state index contributed by atoms with van der Waals surface area (Å²) in [6.07, 6.45) is -3.37. The Labute approximate surface area is 176 Å². The van der Waals surface area contributed by atoms with Crippen molar-refractivity contribution in [1.82, 2.24) is 14.7 Å². The molecule has 0 bridgehead atoms. The maximum absolute atomic E-state index is 13.7. The van der Waals surface area contributed by atoms with Crippen LogP contribution in [0.3, 0.4) is 0 Å². The SMILES string of the molecule is Cc1cc(C(=O)NC2CCOCC2)cc2nc(C(F)(F)F)c(Cc3ccc(F)cc3)n12. The van der Waals surface area contributed by atoms with Crippen molar-refractivity contribution in [2.24, 2.45) is 0 Å². The average molecular weight is 435 g/mol. The minimum absolute atomic E-state index is 0.0303. The van der Waals surface area contributed by atoms with Crippen LogP contribution < -0.4 is 5.32 Å². The Morgan fingerprint density at radius 2 is 1.87 bits per heavy atom. The highest BCUT2D eigenvalue weighted by molar-refractivity contribution is 5.95. The van der Waals surface area contributed by atoms with Gasteiger partial charge in [0.1, 0.15) is 11.5 Å². The van der Waals surface area contributed by atoms with Gasteiger partial charge >= 0.3 is 6.18 Å². The van der Waals surface area contributed by atoms with Crippen molar-refractivity contribution in [2.75, 3.05) is 13.2 Å². The molecule has 1 fully saturated rings. The van der Waals surface area contributed by atoms with E-state index in [1.165, 1.54) is 34.7 Å². The molecule has 0 unspecified atom stereocenters. The van der Waals surface area contributed by atoms with Crippen LogP contribution >= 0.6 is 0 Å². The molecule has 3 heterocycles. The first kappa shape index (κ1) is 21.3. The third kappa shape index (κ3) is 4.56. The lowest BCUT2D eigenvalue weighted by Gasteiger charge is -2.23. The number of fused-ring (bicyclic) bond motifs is 1. The Balaban J connectivity index is 1.72. The second kappa shape index (κ2) is 8.30. The molecule has 1 saturated heterocycles. The molecule has 0 saturated carbocycles. The fourth-order valence-electron chi connectivity index (χ4n) is 3.86. The number of rotatable bonds is 4. The quantitative estimate of drug-likeness (QED) is 0.622. The number of amides is 1. The van der Waals surface area contributed by atoms with Gasteiger partial charge in [0.25, 0.3) is 5.91 Å². The molecule has 0 radical (unpaired) electrons. The number of imidazole rings is 1. The summed E-state index contributed by atoms with van der Waals surface area (Å²) in [5.74, 6) is -0.816. The minimum Gasteiger partial charge on any atom is -0.381 e. The van der Waals surface area contributed by atoms with Gasteiger partial charge in [-0.3, -0.25) is 4.79 Å². The molecule has 0 atom stereocenters. The summed E-state index contributed by atoms with van der Waals surface area (Å²) >= 11 is 0. The third-order valence-corrected chi connectivity index (χ3v) is 5.37. The van der Waals surface area contributed by atoms with E-state index >= 15 is 0 Å². The minimum atomic E-state index is -4.67. The number of pyridine rings is 1. The van der Waals surface area contributed by atoms with E-state index in [1.54, 1.807) is 13.0 Å². The van der Waals surface area contributed by atoms with Crippen LogP contribution in [0.2, 0.25) is 0 Å². The molecular formula is C22H21F4N3O2. The van der Waals surface area contributed by atoms with Crippen LogP contribution in [0.25, 0.3) is 5.65 Å². The van der Waals surface area contributed by atoms with E-state index in [2.05, 4.69) is 10.3 Å². The largest absolute Gasteiger partial charge is 0.435 e. The zero-order valence-corrected chi connectivity index (χ0v) is 16.8. The number of carbonyl (C=O) groups excluding carboxylic acids is 1. The molecule has 1 N–H and O–H groups in total. The predicted molar refractivity (Wildman–Crippen MR) is 105 cm³/mol. The van der Waals surface area contributed by atoms with Crippen LogP contribution in [-0.4, -0.2) is 34.5 Å². The first-order valence-electron chi connectivity index (χ1n) is 9.94. The topological polar surface area (TPSA) is 55.6 Å². The number of hydrogen-bond acceptors (Lipinski definition) is 3. The number of aromatic nitrogens is 2. The number of nitrogens with one attached hydrogen (secondary N) is 1. The van der Waals surface area contributed by atoms with Gasteiger partial charge in [0.15, 0.2) is 5.69 Å². The van der Waals surface area contributed by atoms with Crippen LogP contribution in [-0.2, 0) is 17.3 Å². The molecule has 9 heteroatoms. The van der Waals surface area contributed by atoms with Crippen molar-refractivity contribution >= 4 is 11.6 Å². The summed E-state index contributed by atoms with van der Waals surface area (Å²) in [5.41, 5.74) is 0.208. The number of aryl methyl sites for hydroxylation is 1. The number of benzene rings is 1. The standard InChI is InChI=1S/C22H21F4N3O2/c1-13-10-15(21(30)27-17-6-8-31-9-7-17)12-19-28-20(22(24,25)26)18(29(13)19)11-14-2-4-16(23)5-3-14/h2-5,10,12,17H,6-9,11H2,1H3,(H,27,30). The van der Waals surface area contributed by atoms with Gasteiger partial charge < -0.3 is 14.5 Å². The zero-order chi connectivity index (χ0) is 22.2. The normalized spacial score (nSPS) is 15.4. The van der Waals surface area contributed by atoms with Crippen molar-refractivity contribution in [2.45, 2.75) is 38.4 Å². The smallest absolute Gasteiger partial charge is 0.381 e. The van der Waals surface area contributed by atoms with Crippen molar-refractivity contribution in [3.8, 4) is 0 Å². The second-order valence-electron chi connectivity index (χ2n) is 7.65. The number of carbonyl (C=O) groups is 1. The van der Waals surface area contributed by atoms with E-state index in [-0.39, 0.29) is 35.3 Å². The average Bonchev–Trinajstić information content (AvgIpc) is 3.10. The van der Waals surface area contributed by atoms with Crippen molar-refractivity contribution in [3.05, 3.63) is 70.4 Å². The summed E-state index contributed by atoms with van der Waals surface area (Å²) in [6.45, 7) is 2.75. The molecule has 164 valence electrons. The zero-order valence-electron chi connectivity index (χ0n) is 16.8. The molecule has 2 aromatic heterocycles. The Kier molecular flexibility index (Phi) is 5.70. The van der Waals surface area contributed by atoms with Crippen molar-refractivity contribution in [3.63, 3.8) is 0 Å². The van der Waals surface area contributed by atoms with E-state index in [1.807, 2.05) is 0 Å². The highest BCUT2D eigenvalue weighted by Gasteiger charge is 2.38. The van der Waals surface area contributed by atoms with Gasteiger partial charge in [0.05, 0.1) is 5.69 Å². The van der Waals surface area contributed by atoms with Crippen molar-refractivity contribution < 1.29 is 27.1 Å². The highest BCUT2D eigenvalue weighted by atomic mass is 19.4. The maximum Gasteiger partial charge on any atom is 0.435 e. The lowest BCUT2D eigenvalue weighted by atomic mass is 10.1. The molecule has 0 spiro atoms. The van der Waals surface area contributed by atoms with Gasteiger partial charge in [-0.05, 0) is 49.6 Å². The Bertz CT molecular complexity index is 1100. The maximum atomic E-state index is 13.7. The predicted octanol–water partition coefficient (Wildman–Crippen LogP) is 4.30. The number of nitrogens with zero attached hydrogens (tertiary/aromatic N) is 2. The fraction of sp³-hybridized carbons (Fsp3) is 0.364. The fourth-order valence-corrected chi connectivity index (χ4v) is 3.86. The molecule has 1 aliphatic rings. The molecule has 1 aromatic carbocycles. The van der Waals surface area contributed by atoms with E-state index in [0.29, 0.717) is 37.3 Å². The summed E-state index contributed by atoms with van der Waals surface area (Å²) in [5, 5.41) is 2.91. The van der Waals surface area contributed by atoms with Gasteiger partial charge in [-0.15, -0.1) is 0 Å². The molecule has 31 heavy (non-hydrogen) atoms. The number of hydrogen-bond donors (Lipinski definition) is 1. The second-order valence-corrected chi connectivity index (χ2v) is 7.65. The van der Waals surface area contributed by atoms with Crippen LogP contribution in [0, 0.1) is 12.7 Å². The summed E-state index contributed by atoms with van der Waals surface area (Å²) in [6, 6.07) is 8.19. The van der Waals surface area contributed by atoms with Crippen LogP contribution in [0.5, 0.6) is 0 Å². The first-order chi connectivity index (χ1) is 14.7. The van der Waals surface area contributed by atoms with Crippen LogP contribution in [0.15, 0.2) is 36.4 Å². The lowest BCUT2D eigenvalue weighted by molar-refractivity contribution is -0.141. The molecule has 1 aliphatic heterocycles. The number of halogens is 4. The van der Waals surface area contributed by atoms with Crippen molar-refractivity contribution in [1.29, 1.82) is 0 Å². The monoisotopic (exact) mass is 435 g/mol. The van der Waals surface area contributed by atoms with Gasteiger partial charge in [-0.1, -0.05) is 12.1 Å². The molecule has 0 aliphatic carbocycles. The molecule has 4 rings (SSSR count). The van der Waals surface area contributed by atoms with Crippen LogP contribution in [0.1, 0.15) is 45.8 Å². The Morgan fingerprint density at radius 1 is 1.19 bits per heavy atom. The molecular weight excluding hydrogens is 414 g/mol. The van der Waals surface area contributed by atoms with Gasteiger partial charge in [-0.25, -0.2) is 9.37 Å². The van der Waals surface area contributed by atoms with E-state index < -0.39 is 17.7 Å². The van der Waals surface area contributed by atoms with Crippen LogP contribution in [0.4, 0.5) is 17.6 Å². The Morgan fingerprint density at radius 3 is 2.52 bits per heavy atom. The Hall–Kier alpha value is -2.94. The summed E-state index contributed by atoms with van der Waals surface area (Å²) in [4.78, 5) is 16.5. The molecule has 5 nitrogen and oxygen atoms in total. The van der Waals surface area contributed by atoms with E-state index in [9.17, 15) is 22.4 Å². The van der Waals surface area contributed by atoms with E-state index in [4.69, 9.17) is 4.74 Å². The third-order valence-electron chi connectivity index (χ3n) is 5.37. The summed E-state index contributed by atoms with van der Waals surface area (Å²) in [7, 11) is 0. The number of ether oxygens (including phenoxy) is 1. The molecule has 1 amide bonds. The number of alkyl halides is 3. The lowest BCUT2D eigenvalue weighted by Crippen LogP contribution is -2.38.